The van der Waals surface area contributed by atoms with Gasteiger partial charge in [-0.05, 0) is 60.2 Å². The van der Waals surface area contributed by atoms with Gasteiger partial charge in [-0.25, -0.2) is 0 Å². The number of anilines is 1. The van der Waals surface area contributed by atoms with Crippen LogP contribution in [0.4, 0.5) is 5.69 Å². The summed E-state index contributed by atoms with van der Waals surface area (Å²) in [6, 6.07) is 13.8. The van der Waals surface area contributed by atoms with Gasteiger partial charge in [0.15, 0.2) is 0 Å². The highest BCUT2D eigenvalue weighted by atomic mass is 16.1. The smallest absolute Gasteiger partial charge is 0.255 e. The average molecular weight is 281 g/mol. The van der Waals surface area contributed by atoms with E-state index in [4.69, 9.17) is 0 Å². The molecule has 0 aliphatic carbocycles. The minimum Gasteiger partial charge on any atom is -0.322 e. The largest absolute Gasteiger partial charge is 0.322 e. The highest BCUT2D eigenvalue weighted by Crippen LogP contribution is 2.23. The molecule has 2 aromatic rings. The zero-order valence-corrected chi connectivity index (χ0v) is 13.4. The van der Waals surface area contributed by atoms with Crippen LogP contribution < -0.4 is 5.32 Å². The van der Waals surface area contributed by atoms with Crippen LogP contribution >= 0.6 is 0 Å². The van der Waals surface area contributed by atoms with Gasteiger partial charge in [0.25, 0.3) is 5.91 Å². The second kappa shape index (κ2) is 5.72. The molecule has 0 atom stereocenters. The zero-order chi connectivity index (χ0) is 15.6. The lowest BCUT2D eigenvalue weighted by Gasteiger charge is -2.19. The van der Waals surface area contributed by atoms with E-state index in [0.29, 0.717) is 5.56 Å². The molecule has 0 aliphatic rings. The van der Waals surface area contributed by atoms with Crippen LogP contribution in [-0.4, -0.2) is 5.91 Å². The van der Waals surface area contributed by atoms with E-state index < -0.39 is 0 Å². The van der Waals surface area contributed by atoms with Crippen molar-refractivity contribution < 1.29 is 4.79 Å². The number of carbonyl (C=O) groups excluding carboxylic acids is 1. The molecule has 2 heteroatoms. The maximum absolute atomic E-state index is 12.4. The molecular formula is C19H23NO. The first kappa shape index (κ1) is 15.3. The Morgan fingerprint density at radius 2 is 1.67 bits per heavy atom. The molecule has 0 fully saturated rings. The van der Waals surface area contributed by atoms with Crippen molar-refractivity contribution in [1.82, 2.24) is 0 Å². The molecule has 0 radical (unpaired) electrons. The molecule has 0 unspecified atom stereocenters. The van der Waals surface area contributed by atoms with Crippen LogP contribution in [0.3, 0.4) is 0 Å². The number of hydrogen-bond acceptors (Lipinski definition) is 1. The summed E-state index contributed by atoms with van der Waals surface area (Å²) in [5.74, 6) is -0.0654. The molecule has 21 heavy (non-hydrogen) atoms. The molecule has 0 aliphatic heterocycles. The van der Waals surface area contributed by atoms with Crippen molar-refractivity contribution in [1.29, 1.82) is 0 Å². The number of amides is 1. The fraction of sp³-hybridized carbons (Fsp3) is 0.316. The Balaban J connectivity index is 2.22. The van der Waals surface area contributed by atoms with Crippen molar-refractivity contribution in [3.63, 3.8) is 0 Å². The van der Waals surface area contributed by atoms with Crippen LogP contribution in [-0.2, 0) is 5.41 Å². The van der Waals surface area contributed by atoms with Crippen LogP contribution in [0.5, 0.6) is 0 Å². The van der Waals surface area contributed by atoms with Crippen molar-refractivity contribution in [2.45, 2.75) is 40.0 Å². The van der Waals surface area contributed by atoms with Gasteiger partial charge in [0.05, 0.1) is 0 Å². The number of carbonyl (C=O) groups is 1. The lowest BCUT2D eigenvalue weighted by molar-refractivity contribution is 0.102. The van der Waals surface area contributed by atoms with Crippen LogP contribution in [0.1, 0.15) is 47.8 Å². The number of hydrogen-bond donors (Lipinski definition) is 1. The number of benzene rings is 2. The first-order chi connectivity index (χ1) is 9.77. The van der Waals surface area contributed by atoms with Crippen molar-refractivity contribution in [3.8, 4) is 0 Å². The van der Waals surface area contributed by atoms with Crippen molar-refractivity contribution in [3.05, 3.63) is 64.7 Å². The molecular weight excluding hydrogens is 258 g/mol. The summed E-state index contributed by atoms with van der Waals surface area (Å²) < 4.78 is 0. The molecule has 2 nitrogen and oxygen atoms in total. The van der Waals surface area contributed by atoms with E-state index >= 15 is 0 Å². The van der Waals surface area contributed by atoms with Crippen LogP contribution in [0.2, 0.25) is 0 Å². The van der Waals surface area contributed by atoms with Gasteiger partial charge >= 0.3 is 0 Å². The maximum Gasteiger partial charge on any atom is 0.255 e. The van der Waals surface area contributed by atoms with Crippen LogP contribution in [0.25, 0.3) is 0 Å². The van der Waals surface area contributed by atoms with Gasteiger partial charge in [-0.3, -0.25) is 4.79 Å². The Hall–Kier alpha value is -2.09. The normalized spacial score (nSPS) is 11.3. The molecule has 0 heterocycles. The van der Waals surface area contributed by atoms with Gasteiger partial charge in [-0.1, -0.05) is 39.0 Å². The van der Waals surface area contributed by atoms with E-state index in [1.165, 1.54) is 11.1 Å². The fourth-order valence-corrected chi connectivity index (χ4v) is 2.15. The van der Waals surface area contributed by atoms with E-state index in [1.807, 2.05) is 43.3 Å². The molecule has 2 aromatic carbocycles. The Morgan fingerprint density at radius 1 is 0.952 bits per heavy atom. The van der Waals surface area contributed by atoms with E-state index in [1.54, 1.807) is 0 Å². The third kappa shape index (κ3) is 3.72. The maximum atomic E-state index is 12.4. The third-order valence-corrected chi connectivity index (χ3v) is 3.76. The molecule has 1 amide bonds. The first-order valence-corrected chi connectivity index (χ1v) is 7.26. The Kier molecular flexibility index (Phi) is 4.17. The first-order valence-electron chi connectivity index (χ1n) is 7.26. The molecule has 0 saturated carbocycles. The number of aryl methyl sites for hydroxylation is 2. The number of nitrogens with one attached hydrogen (secondary N) is 1. The average Bonchev–Trinajstić information content (AvgIpc) is 2.42. The second-order valence-electron chi connectivity index (χ2n) is 6.58. The Morgan fingerprint density at radius 3 is 2.29 bits per heavy atom. The summed E-state index contributed by atoms with van der Waals surface area (Å²) >= 11 is 0. The predicted octanol–water partition coefficient (Wildman–Crippen LogP) is 4.85. The monoisotopic (exact) mass is 281 g/mol. The van der Waals surface area contributed by atoms with Crippen molar-refractivity contribution >= 4 is 11.6 Å². The zero-order valence-electron chi connectivity index (χ0n) is 13.4. The number of rotatable bonds is 2. The SMILES string of the molecule is Cc1ccc(NC(=O)c2cccc(C(C)(C)C)c2)cc1C. The third-order valence-electron chi connectivity index (χ3n) is 3.76. The topological polar surface area (TPSA) is 29.1 Å². The summed E-state index contributed by atoms with van der Waals surface area (Å²) in [6.07, 6.45) is 0. The summed E-state index contributed by atoms with van der Waals surface area (Å²) in [4.78, 5) is 12.4. The Bertz CT molecular complexity index is 666. The van der Waals surface area contributed by atoms with Gasteiger partial charge in [0, 0.05) is 11.3 Å². The van der Waals surface area contributed by atoms with Gasteiger partial charge in [-0.2, -0.15) is 0 Å². The summed E-state index contributed by atoms with van der Waals surface area (Å²) in [6.45, 7) is 10.5. The summed E-state index contributed by atoms with van der Waals surface area (Å²) in [5.41, 5.74) is 5.13. The van der Waals surface area contributed by atoms with E-state index in [0.717, 1.165) is 11.3 Å². The van der Waals surface area contributed by atoms with Crippen molar-refractivity contribution in [2.75, 3.05) is 5.32 Å². The summed E-state index contributed by atoms with van der Waals surface area (Å²) in [5, 5.41) is 2.97. The molecule has 0 saturated heterocycles. The van der Waals surface area contributed by atoms with E-state index in [2.05, 4.69) is 39.1 Å². The molecule has 1 N–H and O–H groups in total. The lowest BCUT2D eigenvalue weighted by Crippen LogP contribution is -2.15. The van der Waals surface area contributed by atoms with Gasteiger partial charge < -0.3 is 5.32 Å². The molecule has 0 aromatic heterocycles. The molecule has 0 spiro atoms. The van der Waals surface area contributed by atoms with Crippen LogP contribution in [0, 0.1) is 13.8 Å². The Labute approximate surface area is 127 Å². The predicted molar refractivity (Wildman–Crippen MR) is 89.0 cm³/mol. The second-order valence-corrected chi connectivity index (χ2v) is 6.58. The van der Waals surface area contributed by atoms with Gasteiger partial charge in [0.2, 0.25) is 0 Å². The lowest BCUT2D eigenvalue weighted by atomic mass is 9.86. The van der Waals surface area contributed by atoms with Crippen LogP contribution in [0.15, 0.2) is 42.5 Å². The molecule has 0 bridgehead atoms. The van der Waals surface area contributed by atoms with E-state index in [-0.39, 0.29) is 11.3 Å². The van der Waals surface area contributed by atoms with Crippen molar-refractivity contribution in [2.24, 2.45) is 0 Å². The van der Waals surface area contributed by atoms with Gasteiger partial charge in [0.1, 0.15) is 0 Å². The minimum absolute atomic E-state index is 0.0384. The van der Waals surface area contributed by atoms with E-state index in [9.17, 15) is 4.79 Å². The minimum atomic E-state index is -0.0654. The highest BCUT2D eigenvalue weighted by molar-refractivity contribution is 6.04. The standard InChI is InChI=1S/C19H23NO/c1-13-9-10-17(11-14(13)2)20-18(21)15-7-6-8-16(12-15)19(3,4)5/h6-12H,1-5H3,(H,20,21). The quantitative estimate of drug-likeness (QED) is 0.837. The molecule has 2 rings (SSSR count). The molecule has 110 valence electrons. The summed E-state index contributed by atoms with van der Waals surface area (Å²) in [7, 11) is 0. The highest BCUT2D eigenvalue weighted by Gasteiger charge is 2.15. The fourth-order valence-electron chi connectivity index (χ4n) is 2.15. The van der Waals surface area contributed by atoms with Gasteiger partial charge in [-0.15, -0.1) is 0 Å².